The van der Waals surface area contributed by atoms with Crippen molar-refractivity contribution in [2.45, 2.75) is 37.0 Å². The Bertz CT molecular complexity index is 387. The van der Waals surface area contributed by atoms with Crippen LogP contribution in [0, 0.1) is 0 Å². The number of aromatic nitrogens is 1. The summed E-state index contributed by atoms with van der Waals surface area (Å²) in [6.45, 7) is 0. The Hall–Kier alpha value is -0.750. The van der Waals surface area contributed by atoms with E-state index in [1.807, 2.05) is 11.8 Å². The molecule has 2 N–H and O–H groups in total. The Morgan fingerprint density at radius 2 is 2.24 bits per heavy atom. The molecule has 94 valence electrons. The standard InChI is InChI=1S/C11H16N2O2S2/c1-16-8-4-2-7(3-5-8)13-11-12-6-9(17-11)10(14)15/h6-8H,2-5H2,1H3,(H,12,13)(H,14,15). The number of rotatable bonds is 4. The number of thiazole rings is 1. The average molecular weight is 272 g/mol. The molecule has 0 aliphatic heterocycles. The van der Waals surface area contributed by atoms with Gasteiger partial charge in [-0.2, -0.15) is 11.8 Å². The molecule has 17 heavy (non-hydrogen) atoms. The number of hydrogen-bond acceptors (Lipinski definition) is 5. The monoisotopic (exact) mass is 272 g/mol. The minimum Gasteiger partial charge on any atom is -0.477 e. The van der Waals surface area contributed by atoms with Crippen molar-refractivity contribution < 1.29 is 9.90 Å². The summed E-state index contributed by atoms with van der Waals surface area (Å²) in [5, 5.41) is 13.7. The second-order valence-electron chi connectivity index (χ2n) is 4.19. The van der Waals surface area contributed by atoms with Gasteiger partial charge in [0.25, 0.3) is 0 Å². The first-order chi connectivity index (χ1) is 8.19. The third-order valence-electron chi connectivity index (χ3n) is 3.05. The molecule has 0 unspecified atom stereocenters. The molecule has 0 spiro atoms. The molecule has 0 atom stereocenters. The van der Waals surface area contributed by atoms with Gasteiger partial charge in [-0.3, -0.25) is 0 Å². The van der Waals surface area contributed by atoms with Crippen molar-refractivity contribution >= 4 is 34.2 Å². The second kappa shape index (κ2) is 5.73. The zero-order chi connectivity index (χ0) is 12.3. The highest BCUT2D eigenvalue weighted by Gasteiger charge is 2.21. The van der Waals surface area contributed by atoms with Crippen LogP contribution in [0.5, 0.6) is 0 Å². The molecule has 1 heterocycles. The molecular formula is C11H16N2O2S2. The molecule has 2 rings (SSSR count). The van der Waals surface area contributed by atoms with Gasteiger partial charge in [0.15, 0.2) is 5.13 Å². The predicted octanol–water partition coefficient (Wildman–Crippen LogP) is 2.93. The second-order valence-corrected chi connectivity index (χ2v) is 6.36. The topological polar surface area (TPSA) is 62.2 Å². The summed E-state index contributed by atoms with van der Waals surface area (Å²) in [6.07, 6.45) is 8.34. The van der Waals surface area contributed by atoms with Crippen LogP contribution in [0.3, 0.4) is 0 Å². The van der Waals surface area contributed by atoms with E-state index in [9.17, 15) is 4.79 Å². The third-order valence-corrected chi connectivity index (χ3v) is 5.11. The van der Waals surface area contributed by atoms with Crippen LogP contribution in [0.4, 0.5) is 5.13 Å². The van der Waals surface area contributed by atoms with Crippen LogP contribution in [0.2, 0.25) is 0 Å². The Labute approximate surface area is 109 Å². The quantitative estimate of drug-likeness (QED) is 0.882. The normalized spacial score (nSPS) is 24.5. The number of aromatic carboxylic acids is 1. The minimum atomic E-state index is -0.901. The SMILES string of the molecule is CSC1CCC(Nc2ncc(C(=O)O)s2)CC1. The fourth-order valence-corrected chi connectivity index (χ4v) is 3.53. The Morgan fingerprint density at radius 3 is 2.76 bits per heavy atom. The van der Waals surface area contributed by atoms with Crippen LogP contribution < -0.4 is 5.32 Å². The van der Waals surface area contributed by atoms with Crippen LogP contribution in [0.1, 0.15) is 35.4 Å². The van der Waals surface area contributed by atoms with E-state index in [0.29, 0.717) is 10.9 Å². The molecule has 0 amide bonds. The van der Waals surface area contributed by atoms with E-state index >= 15 is 0 Å². The largest absolute Gasteiger partial charge is 0.477 e. The van der Waals surface area contributed by atoms with Gasteiger partial charge in [-0.1, -0.05) is 11.3 Å². The highest BCUT2D eigenvalue weighted by atomic mass is 32.2. The third kappa shape index (κ3) is 3.35. The number of thioether (sulfide) groups is 1. The molecule has 0 saturated heterocycles. The van der Waals surface area contributed by atoms with Crippen molar-refractivity contribution in [2.75, 3.05) is 11.6 Å². The Morgan fingerprint density at radius 1 is 1.53 bits per heavy atom. The lowest BCUT2D eigenvalue weighted by atomic mass is 9.95. The fourth-order valence-electron chi connectivity index (χ4n) is 2.06. The summed E-state index contributed by atoms with van der Waals surface area (Å²) < 4.78 is 0. The van der Waals surface area contributed by atoms with Gasteiger partial charge in [0, 0.05) is 11.3 Å². The smallest absolute Gasteiger partial charge is 0.347 e. The molecule has 1 aliphatic carbocycles. The summed E-state index contributed by atoms with van der Waals surface area (Å²) in [5.41, 5.74) is 0. The van der Waals surface area contributed by atoms with Gasteiger partial charge in [0.2, 0.25) is 0 Å². The lowest BCUT2D eigenvalue weighted by Gasteiger charge is -2.27. The van der Waals surface area contributed by atoms with E-state index in [-0.39, 0.29) is 0 Å². The van der Waals surface area contributed by atoms with Crippen molar-refractivity contribution in [2.24, 2.45) is 0 Å². The maximum Gasteiger partial charge on any atom is 0.347 e. The first-order valence-electron chi connectivity index (χ1n) is 5.67. The summed E-state index contributed by atoms with van der Waals surface area (Å²) in [4.78, 5) is 15.1. The van der Waals surface area contributed by atoms with Gasteiger partial charge in [0.05, 0.1) is 6.20 Å². The molecule has 0 aromatic carbocycles. The van der Waals surface area contributed by atoms with Crippen molar-refractivity contribution in [3.05, 3.63) is 11.1 Å². The van der Waals surface area contributed by atoms with E-state index in [1.165, 1.54) is 30.4 Å². The molecule has 4 nitrogen and oxygen atoms in total. The van der Waals surface area contributed by atoms with Gasteiger partial charge in [-0.15, -0.1) is 0 Å². The summed E-state index contributed by atoms with van der Waals surface area (Å²) in [7, 11) is 0. The lowest BCUT2D eigenvalue weighted by Crippen LogP contribution is -2.26. The van der Waals surface area contributed by atoms with E-state index in [2.05, 4.69) is 16.6 Å². The van der Waals surface area contributed by atoms with Crippen LogP contribution >= 0.6 is 23.1 Å². The van der Waals surface area contributed by atoms with E-state index in [1.54, 1.807) is 0 Å². The molecular weight excluding hydrogens is 256 g/mol. The molecule has 0 bridgehead atoms. The number of nitrogens with zero attached hydrogens (tertiary/aromatic N) is 1. The molecule has 1 fully saturated rings. The van der Waals surface area contributed by atoms with Gasteiger partial charge in [-0.25, -0.2) is 9.78 Å². The first kappa shape index (κ1) is 12.7. The number of carboxylic acid groups (broad SMARTS) is 1. The van der Waals surface area contributed by atoms with E-state index in [0.717, 1.165) is 23.2 Å². The van der Waals surface area contributed by atoms with Crippen LogP contribution in [0.25, 0.3) is 0 Å². The zero-order valence-electron chi connectivity index (χ0n) is 9.68. The maximum absolute atomic E-state index is 10.7. The highest BCUT2D eigenvalue weighted by molar-refractivity contribution is 7.99. The lowest BCUT2D eigenvalue weighted by molar-refractivity contribution is 0.0702. The van der Waals surface area contributed by atoms with Crippen LogP contribution in [-0.4, -0.2) is 33.6 Å². The Kier molecular flexibility index (Phi) is 4.28. The van der Waals surface area contributed by atoms with Crippen molar-refractivity contribution in [1.29, 1.82) is 0 Å². The van der Waals surface area contributed by atoms with Crippen molar-refractivity contribution in [3.8, 4) is 0 Å². The van der Waals surface area contributed by atoms with Gasteiger partial charge >= 0.3 is 5.97 Å². The predicted molar refractivity (Wildman–Crippen MR) is 72.3 cm³/mol. The Balaban J connectivity index is 1.86. The number of anilines is 1. The number of nitrogens with one attached hydrogen (secondary N) is 1. The number of carbonyl (C=O) groups is 1. The molecule has 1 aromatic heterocycles. The summed E-state index contributed by atoms with van der Waals surface area (Å²) in [5.74, 6) is -0.901. The van der Waals surface area contributed by atoms with Crippen LogP contribution in [-0.2, 0) is 0 Å². The van der Waals surface area contributed by atoms with Crippen molar-refractivity contribution in [1.82, 2.24) is 4.98 Å². The number of carboxylic acids is 1. The molecule has 0 radical (unpaired) electrons. The van der Waals surface area contributed by atoms with Gasteiger partial charge < -0.3 is 10.4 Å². The van der Waals surface area contributed by atoms with Gasteiger partial charge in [-0.05, 0) is 31.9 Å². The minimum absolute atomic E-state index is 0.297. The van der Waals surface area contributed by atoms with E-state index < -0.39 is 5.97 Å². The molecule has 1 aliphatic rings. The van der Waals surface area contributed by atoms with Crippen molar-refractivity contribution in [3.63, 3.8) is 0 Å². The highest BCUT2D eigenvalue weighted by Crippen LogP contribution is 2.29. The molecule has 1 saturated carbocycles. The summed E-state index contributed by atoms with van der Waals surface area (Å²) in [6, 6.07) is 0.450. The molecule has 6 heteroatoms. The molecule has 1 aromatic rings. The van der Waals surface area contributed by atoms with E-state index in [4.69, 9.17) is 5.11 Å². The number of hydrogen-bond donors (Lipinski definition) is 2. The first-order valence-corrected chi connectivity index (χ1v) is 7.78. The fraction of sp³-hybridized carbons (Fsp3) is 0.636. The summed E-state index contributed by atoms with van der Waals surface area (Å²) >= 11 is 3.16. The zero-order valence-corrected chi connectivity index (χ0v) is 11.3. The average Bonchev–Trinajstić information content (AvgIpc) is 2.79. The van der Waals surface area contributed by atoms with Gasteiger partial charge in [0.1, 0.15) is 4.88 Å². The maximum atomic E-state index is 10.7. The van der Waals surface area contributed by atoms with Crippen LogP contribution in [0.15, 0.2) is 6.20 Å².